The number of anilines is 3. The SMILES string of the molecule is C=C(Nc1ccc(N/C(=C\C(=N)C2CC2)C2CC2)c(F)c1)Nc1ccc2ncccc2c1. The van der Waals surface area contributed by atoms with Crippen LogP contribution in [0.4, 0.5) is 21.5 Å². The van der Waals surface area contributed by atoms with Crippen molar-refractivity contribution in [3.63, 3.8) is 0 Å². The molecule has 2 fully saturated rings. The van der Waals surface area contributed by atoms with E-state index in [-0.39, 0.29) is 5.82 Å². The van der Waals surface area contributed by atoms with Crippen LogP contribution in [0.25, 0.3) is 10.9 Å². The molecule has 0 spiro atoms. The van der Waals surface area contributed by atoms with Gasteiger partial charge in [0.25, 0.3) is 0 Å². The zero-order chi connectivity index (χ0) is 22.1. The summed E-state index contributed by atoms with van der Waals surface area (Å²) in [5.74, 6) is 1.00. The van der Waals surface area contributed by atoms with E-state index in [1.165, 1.54) is 6.07 Å². The number of aromatic nitrogens is 1. The topological polar surface area (TPSA) is 72.8 Å². The van der Waals surface area contributed by atoms with Crippen molar-refractivity contribution in [2.45, 2.75) is 25.7 Å². The third kappa shape index (κ3) is 4.80. The zero-order valence-corrected chi connectivity index (χ0v) is 17.8. The van der Waals surface area contributed by atoms with E-state index in [4.69, 9.17) is 5.41 Å². The molecule has 0 aliphatic heterocycles. The maximum Gasteiger partial charge on any atom is 0.148 e. The lowest BCUT2D eigenvalue weighted by atomic mass is 10.1. The molecule has 5 nitrogen and oxygen atoms in total. The lowest BCUT2D eigenvalue weighted by molar-refractivity contribution is 0.631. The fourth-order valence-corrected chi connectivity index (χ4v) is 3.71. The van der Waals surface area contributed by atoms with Crippen molar-refractivity contribution in [3.8, 4) is 0 Å². The number of fused-ring (bicyclic) bond motifs is 1. The normalized spacial score (nSPS) is 16.0. The van der Waals surface area contributed by atoms with Crippen LogP contribution in [-0.2, 0) is 0 Å². The summed E-state index contributed by atoms with van der Waals surface area (Å²) in [6.45, 7) is 4.00. The van der Waals surface area contributed by atoms with Crippen LogP contribution in [0.1, 0.15) is 25.7 Å². The summed E-state index contributed by atoms with van der Waals surface area (Å²) in [5, 5.41) is 18.8. The van der Waals surface area contributed by atoms with E-state index in [0.717, 1.165) is 48.0 Å². The molecule has 0 amide bonds. The Morgan fingerprint density at radius 1 is 0.969 bits per heavy atom. The Bertz CT molecular complexity index is 1220. The molecule has 1 heterocycles. The lowest BCUT2D eigenvalue weighted by Crippen LogP contribution is -2.10. The van der Waals surface area contributed by atoms with Gasteiger partial charge >= 0.3 is 0 Å². The molecule has 0 unspecified atom stereocenters. The number of pyridine rings is 1. The Labute approximate surface area is 187 Å². The van der Waals surface area contributed by atoms with Crippen molar-refractivity contribution >= 4 is 33.7 Å². The van der Waals surface area contributed by atoms with E-state index < -0.39 is 0 Å². The highest BCUT2D eigenvalue weighted by Gasteiger charge is 2.30. The Balaban J connectivity index is 1.24. The Kier molecular flexibility index (Phi) is 5.35. The molecule has 5 rings (SSSR count). The second-order valence-electron chi connectivity index (χ2n) is 8.56. The van der Waals surface area contributed by atoms with Crippen LogP contribution in [0, 0.1) is 23.1 Å². The number of nitrogens with zero attached hydrogens (tertiary/aromatic N) is 1. The molecule has 2 aromatic carbocycles. The van der Waals surface area contributed by atoms with Gasteiger partial charge in [-0.2, -0.15) is 0 Å². The number of allylic oxidation sites excluding steroid dienone is 2. The van der Waals surface area contributed by atoms with E-state index in [2.05, 4.69) is 27.5 Å². The van der Waals surface area contributed by atoms with E-state index in [0.29, 0.717) is 34.7 Å². The van der Waals surface area contributed by atoms with Crippen LogP contribution >= 0.6 is 0 Å². The first-order chi connectivity index (χ1) is 15.5. The number of halogens is 1. The number of rotatable bonds is 9. The monoisotopic (exact) mass is 427 g/mol. The summed E-state index contributed by atoms with van der Waals surface area (Å²) < 4.78 is 14.8. The molecule has 1 aromatic heterocycles. The molecule has 0 bridgehead atoms. The molecule has 0 atom stereocenters. The van der Waals surface area contributed by atoms with Gasteiger partial charge in [0.1, 0.15) is 11.6 Å². The van der Waals surface area contributed by atoms with Crippen LogP contribution in [-0.4, -0.2) is 10.7 Å². The highest BCUT2D eigenvalue weighted by Crippen LogP contribution is 2.39. The summed E-state index contributed by atoms with van der Waals surface area (Å²) in [4.78, 5) is 4.32. The van der Waals surface area contributed by atoms with Gasteiger partial charge < -0.3 is 21.4 Å². The fraction of sp³-hybridized carbons (Fsp3) is 0.231. The van der Waals surface area contributed by atoms with Crippen molar-refractivity contribution in [2.75, 3.05) is 16.0 Å². The molecule has 32 heavy (non-hydrogen) atoms. The number of hydrogen-bond acceptors (Lipinski definition) is 5. The second kappa shape index (κ2) is 8.46. The highest BCUT2D eigenvalue weighted by molar-refractivity contribution is 5.97. The summed E-state index contributed by atoms with van der Waals surface area (Å²) in [6, 6.07) is 14.8. The summed E-state index contributed by atoms with van der Waals surface area (Å²) in [5.41, 5.74) is 4.45. The van der Waals surface area contributed by atoms with Crippen molar-refractivity contribution in [1.29, 1.82) is 5.41 Å². The minimum absolute atomic E-state index is 0.343. The number of benzene rings is 2. The molecule has 0 radical (unpaired) electrons. The maximum atomic E-state index is 14.8. The minimum Gasteiger partial charge on any atom is -0.356 e. The maximum absolute atomic E-state index is 14.8. The van der Waals surface area contributed by atoms with Gasteiger partial charge in [0.05, 0.1) is 11.2 Å². The van der Waals surface area contributed by atoms with Crippen LogP contribution in [0.3, 0.4) is 0 Å². The van der Waals surface area contributed by atoms with E-state index in [1.807, 2.05) is 42.5 Å². The third-order valence-corrected chi connectivity index (χ3v) is 5.79. The molecule has 3 aromatic rings. The Hall–Kier alpha value is -3.67. The quantitative estimate of drug-likeness (QED) is 0.294. The molecule has 0 saturated heterocycles. The van der Waals surface area contributed by atoms with Crippen LogP contribution in [0.15, 0.2) is 78.9 Å². The van der Waals surface area contributed by atoms with Gasteiger partial charge in [0, 0.05) is 40.3 Å². The smallest absolute Gasteiger partial charge is 0.148 e. The predicted molar refractivity (Wildman–Crippen MR) is 129 cm³/mol. The van der Waals surface area contributed by atoms with Crippen LogP contribution in [0.5, 0.6) is 0 Å². The second-order valence-corrected chi connectivity index (χ2v) is 8.56. The highest BCUT2D eigenvalue weighted by atomic mass is 19.1. The number of nitrogens with one attached hydrogen (secondary N) is 4. The first kappa shape index (κ1) is 20.2. The standard InChI is InChI=1S/C26H26FN5/c1-16(30-20-8-10-24-19(13-20)3-2-12-29-24)31-21-9-11-25(22(27)14-21)32-26(18-6-7-18)15-23(28)17-4-5-17/h2-3,8-15,17-18,28,30-32H,1,4-7H2/b26-15-,28-23?. The Morgan fingerprint density at radius 2 is 1.69 bits per heavy atom. The first-order valence-corrected chi connectivity index (χ1v) is 11.0. The average Bonchev–Trinajstić information content (AvgIpc) is 3.68. The van der Waals surface area contributed by atoms with E-state index >= 15 is 0 Å². The minimum atomic E-state index is -0.343. The molecule has 2 aliphatic rings. The van der Waals surface area contributed by atoms with Gasteiger partial charge in [-0.3, -0.25) is 4.98 Å². The first-order valence-electron chi connectivity index (χ1n) is 11.0. The molecule has 2 saturated carbocycles. The zero-order valence-electron chi connectivity index (χ0n) is 17.8. The van der Waals surface area contributed by atoms with Gasteiger partial charge in [-0.15, -0.1) is 0 Å². The van der Waals surface area contributed by atoms with Gasteiger partial charge in [0.15, 0.2) is 0 Å². The molecular formula is C26H26FN5. The molecule has 2 aliphatic carbocycles. The summed E-state index contributed by atoms with van der Waals surface area (Å²) in [7, 11) is 0. The van der Waals surface area contributed by atoms with Gasteiger partial charge in [-0.1, -0.05) is 12.6 Å². The van der Waals surface area contributed by atoms with Gasteiger partial charge in [-0.25, -0.2) is 4.39 Å². The van der Waals surface area contributed by atoms with Crippen molar-refractivity contribution in [2.24, 2.45) is 11.8 Å². The van der Waals surface area contributed by atoms with Crippen molar-refractivity contribution < 1.29 is 4.39 Å². The van der Waals surface area contributed by atoms with Crippen molar-refractivity contribution in [3.05, 3.63) is 84.7 Å². The van der Waals surface area contributed by atoms with Gasteiger partial charge in [0.2, 0.25) is 0 Å². The van der Waals surface area contributed by atoms with Gasteiger partial charge in [-0.05, 0) is 80.1 Å². The van der Waals surface area contributed by atoms with Crippen LogP contribution < -0.4 is 16.0 Å². The predicted octanol–water partition coefficient (Wildman–Crippen LogP) is 6.50. The summed E-state index contributed by atoms with van der Waals surface area (Å²) in [6.07, 6.45) is 8.05. The fourth-order valence-electron chi connectivity index (χ4n) is 3.71. The largest absolute Gasteiger partial charge is 0.356 e. The van der Waals surface area contributed by atoms with E-state index in [9.17, 15) is 4.39 Å². The molecule has 162 valence electrons. The Morgan fingerprint density at radius 3 is 2.41 bits per heavy atom. The lowest BCUT2D eigenvalue weighted by Gasteiger charge is -2.15. The summed E-state index contributed by atoms with van der Waals surface area (Å²) >= 11 is 0. The molecular weight excluding hydrogens is 401 g/mol. The van der Waals surface area contributed by atoms with E-state index in [1.54, 1.807) is 12.3 Å². The van der Waals surface area contributed by atoms with Crippen LogP contribution in [0.2, 0.25) is 0 Å². The molecule has 4 N–H and O–H groups in total. The van der Waals surface area contributed by atoms with Crippen molar-refractivity contribution in [1.82, 2.24) is 4.98 Å². The average molecular weight is 428 g/mol. The molecule has 6 heteroatoms. The number of hydrogen-bond donors (Lipinski definition) is 4. The third-order valence-electron chi connectivity index (χ3n) is 5.79.